The van der Waals surface area contributed by atoms with Crippen molar-refractivity contribution in [2.24, 2.45) is 0 Å². The molecular weight excluding hydrogens is 216 g/mol. The second kappa shape index (κ2) is 4.58. The fourth-order valence-corrected chi connectivity index (χ4v) is 1.32. The Labute approximate surface area is 100 Å². The third-order valence-electron chi connectivity index (χ3n) is 2.16. The number of nitrogens with one attached hydrogen (secondary N) is 1. The molecule has 0 fully saturated rings. The van der Waals surface area contributed by atoms with Crippen LogP contribution in [0.2, 0.25) is 0 Å². The van der Waals surface area contributed by atoms with Gasteiger partial charge in [0.05, 0.1) is 12.7 Å². The lowest BCUT2D eigenvalue weighted by Gasteiger charge is -2.20. The van der Waals surface area contributed by atoms with Gasteiger partial charge in [0.2, 0.25) is 0 Å². The zero-order valence-electron chi connectivity index (χ0n) is 10.3. The molecule has 0 aliphatic heterocycles. The van der Waals surface area contributed by atoms with Crippen LogP contribution in [0.25, 0.3) is 5.82 Å². The van der Waals surface area contributed by atoms with Gasteiger partial charge in [-0.05, 0) is 20.8 Å². The van der Waals surface area contributed by atoms with Gasteiger partial charge in [-0.15, -0.1) is 0 Å². The fourth-order valence-electron chi connectivity index (χ4n) is 1.32. The Morgan fingerprint density at radius 2 is 2.06 bits per heavy atom. The average molecular weight is 232 g/mol. The third-order valence-corrected chi connectivity index (χ3v) is 2.16. The molecule has 0 atom stereocenters. The van der Waals surface area contributed by atoms with Gasteiger partial charge in [0.1, 0.15) is 12.2 Å². The number of hydrogen-bond acceptors (Lipinski definition) is 5. The molecule has 1 N–H and O–H groups in total. The fraction of sp³-hybridized carbons (Fsp3) is 0.455. The summed E-state index contributed by atoms with van der Waals surface area (Å²) in [6.07, 6.45) is 6.45. The molecular formula is C11H16N6. The Morgan fingerprint density at radius 3 is 2.71 bits per heavy atom. The molecule has 0 unspecified atom stereocenters. The summed E-state index contributed by atoms with van der Waals surface area (Å²) >= 11 is 0. The number of nitrogens with zero attached hydrogens (tertiary/aromatic N) is 5. The summed E-state index contributed by atoms with van der Waals surface area (Å²) in [7, 11) is 0. The molecule has 90 valence electrons. The normalized spacial score (nSPS) is 11.7. The highest BCUT2D eigenvalue weighted by atomic mass is 15.4. The van der Waals surface area contributed by atoms with Crippen LogP contribution in [-0.2, 0) is 6.54 Å². The highest BCUT2D eigenvalue weighted by molar-refractivity contribution is 5.16. The summed E-state index contributed by atoms with van der Waals surface area (Å²) in [6, 6.07) is 0. The second-order valence-electron chi connectivity index (χ2n) is 4.76. The molecule has 6 nitrogen and oxygen atoms in total. The van der Waals surface area contributed by atoms with Crippen molar-refractivity contribution in [1.29, 1.82) is 0 Å². The van der Waals surface area contributed by atoms with Crippen LogP contribution in [0.3, 0.4) is 0 Å². The largest absolute Gasteiger partial charge is 0.305 e. The number of hydrogen-bond donors (Lipinski definition) is 1. The number of aromatic nitrogens is 5. The molecule has 2 aromatic heterocycles. The Balaban J connectivity index is 2.18. The molecule has 0 saturated heterocycles. The zero-order chi connectivity index (χ0) is 12.3. The van der Waals surface area contributed by atoms with Crippen molar-refractivity contribution < 1.29 is 0 Å². The van der Waals surface area contributed by atoms with E-state index in [9.17, 15) is 0 Å². The van der Waals surface area contributed by atoms with E-state index >= 15 is 0 Å². The van der Waals surface area contributed by atoms with E-state index in [0.717, 1.165) is 5.82 Å². The van der Waals surface area contributed by atoms with E-state index in [1.54, 1.807) is 23.3 Å². The molecule has 0 aromatic carbocycles. The van der Waals surface area contributed by atoms with E-state index in [1.807, 2.05) is 0 Å². The predicted octanol–water partition coefficient (Wildman–Crippen LogP) is 0.945. The monoisotopic (exact) mass is 232 g/mol. The van der Waals surface area contributed by atoms with Crippen molar-refractivity contribution in [3.63, 3.8) is 0 Å². The van der Waals surface area contributed by atoms with Gasteiger partial charge in [-0.1, -0.05) is 0 Å². The highest BCUT2D eigenvalue weighted by Gasteiger charge is 2.12. The van der Waals surface area contributed by atoms with Gasteiger partial charge in [0.25, 0.3) is 0 Å². The maximum Gasteiger partial charge on any atom is 0.174 e. The summed E-state index contributed by atoms with van der Waals surface area (Å²) in [6.45, 7) is 6.96. The third kappa shape index (κ3) is 3.07. The van der Waals surface area contributed by atoms with Gasteiger partial charge < -0.3 is 5.32 Å². The van der Waals surface area contributed by atoms with E-state index < -0.39 is 0 Å². The lowest BCUT2D eigenvalue weighted by molar-refractivity contribution is 0.414. The van der Waals surface area contributed by atoms with Gasteiger partial charge in [-0.2, -0.15) is 9.78 Å². The smallest absolute Gasteiger partial charge is 0.174 e. The van der Waals surface area contributed by atoms with E-state index in [1.165, 1.54) is 6.33 Å². The molecule has 0 bridgehead atoms. The second-order valence-corrected chi connectivity index (χ2v) is 4.76. The van der Waals surface area contributed by atoms with Gasteiger partial charge in [0.15, 0.2) is 5.82 Å². The summed E-state index contributed by atoms with van der Waals surface area (Å²) < 4.78 is 1.69. The van der Waals surface area contributed by atoms with Gasteiger partial charge in [-0.3, -0.25) is 4.98 Å². The number of rotatable bonds is 3. The SMILES string of the molecule is CC(C)(C)NCc1ncnn1-c1cnccn1. The maximum atomic E-state index is 4.22. The Bertz CT molecular complexity index is 470. The molecule has 2 rings (SSSR count). The standard InChI is InChI=1S/C11H16N6/c1-11(2,3)15-7-10-14-8-16-17(10)9-6-12-4-5-13-9/h4-6,8,15H,7H2,1-3H3. The first-order valence-electron chi connectivity index (χ1n) is 5.46. The van der Waals surface area contributed by atoms with Crippen molar-refractivity contribution in [3.05, 3.63) is 30.7 Å². The molecule has 6 heteroatoms. The molecule has 0 aliphatic carbocycles. The minimum Gasteiger partial charge on any atom is -0.305 e. The zero-order valence-corrected chi connectivity index (χ0v) is 10.3. The van der Waals surface area contributed by atoms with E-state index in [-0.39, 0.29) is 5.54 Å². The van der Waals surface area contributed by atoms with E-state index in [2.05, 4.69) is 46.1 Å². The van der Waals surface area contributed by atoms with Gasteiger partial charge in [-0.25, -0.2) is 9.97 Å². The Hall–Kier alpha value is -1.82. The molecule has 0 saturated carbocycles. The van der Waals surface area contributed by atoms with Crippen molar-refractivity contribution in [1.82, 2.24) is 30.0 Å². The summed E-state index contributed by atoms with van der Waals surface area (Å²) in [5.41, 5.74) is 0.0408. The van der Waals surface area contributed by atoms with Crippen LogP contribution in [0.15, 0.2) is 24.9 Å². The molecule has 0 amide bonds. The Morgan fingerprint density at radius 1 is 1.24 bits per heavy atom. The first-order chi connectivity index (χ1) is 8.06. The molecule has 0 aliphatic rings. The summed E-state index contributed by atoms with van der Waals surface area (Å²) in [4.78, 5) is 12.4. The Kier molecular flexibility index (Phi) is 3.14. The highest BCUT2D eigenvalue weighted by Crippen LogP contribution is 2.05. The van der Waals surface area contributed by atoms with Crippen LogP contribution < -0.4 is 5.32 Å². The molecule has 17 heavy (non-hydrogen) atoms. The van der Waals surface area contributed by atoms with E-state index in [4.69, 9.17) is 0 Å². The first-order valence-corrected chi connectivity index (χ1v) is 5.46. The molecule has 0 spiro atoms. The van der Waals surface area contributed by atoms with Crippen molar-refractivity contribution >= 4 is 0 Å². The lowest BCUT2D eigenvalue weighted by atomic mass is 10.1. The summed E-state index contributed by atoms with van der Waals surface area (Å²) in [5.74, 6) is 1.50. The molecule has 0 radical (unpaired) electrons. The quantitative estimate of drug-likeness (QED) is 0.853. The topological polar surface area (TPSA) is 68.5 Å². The molecule has 2 heterocycles. The summed E-state index contributed by atoms with van der Waals surface area (Å²) in [5, 5.41) is 7.51. The van der Waals surface area contributed by atoms with Crippen LogP contribution in [-0.4, -0.2) is 30.3 Å². The van der Waals surface area contributed by atoms with Crippen molar-refractivity contribution in [2.75, 3.05) is 0 Å². The maximum absolute atomic E-state index is 4.22. The van der Waals surface area contributed by atoms with E-state index in [0.29, 0.717) is 12.4 Å². The first kappa shape index (κ1) is 11.7. The van der Waals surface area contributed by atoms with Crippen LogP contribution in [0.5, 0.6) is 0 Å². The minimum atomic E-state index is 0.0408. The van der Waals surface area contributed by atoms with Crippen LogP contribution in [0.1, 0.15) is 26.6 Å². The lowest BCUT2D eigenvalue weighted by Crippen LogP contribution is -2.36. The van der Waals surface area contributed by atoms with Crippen LogP contribution in [0.4, 0.5) is 0 Å². The van der Waals surface area contributed by atoms with Gasteiger partial charge in [0, 0.05) is 17.9 Å². The van der Waals surface area contributed by atoms with Crippen molar-refractivity contribution in [3.8, 4) is 5.82 Å². The minimum absolute atomic E-state index is 0.0408. The van der Waals surface area contributed by atoms with Crippen LogP contribution in [0, 0.1) is 0 Å². The predicted molar refractivity (Wildman–Crippen MR) is 63.5 cm³/mol. The molecule has 2 aromatic rings. The average Bonchev–Trinajstić information content (AvgIpc) is 2.75. The van der Waals surface area contributed by atoms with Gasteiger partial charge >= 0.3 is 0 Å². The van der Waals surface area contributed by atoms with Crippen molar-refractivity contribution in [2.45, 2.75) is 32.9 Å². The van der Waals surface area contributed by atoms with Crippen LogP contribution >= 0.6 is 0 Å².